The second kappa shape index (κ2) is 9.38. The van der Waals surface area contributed by atoms with E-state index >= 15 is 0 Å². The van der Waals surface area contributed by atoms with Crippen LogP contribution in [0, 0.1) is 0 Å². The van der Waals surface area contributed by atoms with Gasteiger partial charge in [-0.2, -0.15) is 0 Å². The van der Waals surface area contributed by atoms with Crippen molar-refractivity contribution in [1.29, 1.82) is 0 Å². The fourth-order valence-corrected chi connectivity index (χ4v) is 4.07. The third kappa shape index (κ3) is 4.17. The Balaban J connectivity index is 1.91. The first-order valence-corrected chi connectivity index (χ1v) is 10.8. The van der Waals surface area contributed by atoms with E-state index in [1.165, 1.54) is 18.1 Å². The van der Waals surface area contributed by atoms with E-state index in [4.69, 9.17) is 21.1 Å². The molecule has 3 aromatic carbocycles. The van der Waals surface area contributed by atoms with Gasteiger partial charge >= 0.3 is 0 Å². The summed E-state index contributed by atoms with van der Waals surface area (Å²) >= 11 is 6.12. The van der Waals surface area contributed by atoms with Gasteiger partial charge in [-0.3, -0.25) is 14.5 Å². The summed E-state index contributed by atoms with van der Waals surface area (Å²) in [6, 6.07) is 19.8. The molecule has 1 heterocycles. The highest BCUT2D eigenvalue weighted by Crippen LogP contribution is 2.43. The van der Waals surface area contributed by atoms with Crippen LogP contribution in [0.5, 0.6) is 11.5 Å². The number of methoxy groups -OCH3 is 1. The zero-order valence-electron chi connectivity index (χ0n) is 18.1. The summed E-state index contributed by atoms with van der Waals surface area (Å²) < 4.78 is 10.8. The van der Waals surface area contributed by atoms with Gasteiger partial charge in [-0.05, 0) is 55.0 Å². The van der Waals surface area contributed by atoms with E-state index in [0.717, 1.165) is 0 Å². The number of benzene rings is 3. The topological polar surface area (TPSA) is 76.1 Å². The first-order valence-electron chi connectivity index (χ1n) is 10.4. The van der Waals surface area contributed by atoms with Crippen molar-refractivity contribution in [2.75, 3.05) is 18.6 Å². The van der Waals surface area contributed by atoms with E-state index in [2.05, 4.69) is 0 Å². The molecule has 168 valence electrons. The molecule has 1 aliphatic rings. The number of ether oxygens (including phenoxy) is 2. The predicted octanol–water partition coefficient (Wildman–Crippen LogP) is 5.37. The lowest BCUT2D eigenvalue weighted by Gasteiger charge is -2.25. The van der Waals surface area contributed by atoms with Crippen molar-refractivity contribution in [2.24, 2.45) is 0 Å². The van der Waals surface area contributed by atoms with Crippen LogP contribution < -0.4 is 14.4 Å². The zero-order valence-corrected chi connectivity index (χ0v) is 18.9. The summed E-state index contributed by atoms with van der Waals surface area (Å²) in [6.45, 7) is 2.40. The van der Waals surface area contributed by atoms with Crippen LogP contribution in [0.15, 0.2) is 78.4 Å². The highest BCUT2D eigenvalue weighted by molar-refractivity contribution is 6.51. The average Bonchev–Trinajstić information content (AvgIpc) is 3.10. The molecule has 0 aromatic heterocycles. The number of halogens is 1. The molecule has 3 aromatic rings. The highest BCUT2D eigenvalue weighted by Gasteiger charge is 2.47. The van der Waals surface area contributed by atoms with Gasteiger partial charge < -0.3 is 14.6 Å². The summed E-state index contributed by atoms with van der Waals surface area (Å²) in [5.41, 5.74) is 1.51. The van der Waals surface area contributed by atoms with Crippen LogP contribution in [0.3, 0.4) is 0 Å². The van der Waals surface area contributed by atoms with Crippen LogP contribution in [0.1, 0.15) is 24.1 Å². The van der Waals surface area contributed by atoms with Crippen LogP contribution in [0.25, 0.3) is 5.76 Å². The van der Waals surface area contributed by atoms with E-state index in [-0.39, 0.29) is 11.3 Å². The Morgan fingerprint density at radius 1 is 1.03 bits per heavy atom. The van der Waals surface area contributed by atoms with E-state index in [0.29, 0.717) is 39.9 Å². The highest BCUT2D eigenvalue weighted by atomic mass is 35.5. The fourth-order valence-electron chi connectivity index (χ4n) is 3.88. The number of ketones is 1. The lowest BCUT2D eigenvalue weighted by Crippen LogP contribution is -2.29. The molecule has 1 fully saturated rings. The van der Waals surface area contributed by atoms with Gasteiger partial charge in [-0.1, -0.05) is 41.9 Å². The van der Waals surface area contributed by atoms with Gasteiger partial charge in [-0.15, -0.1) is 0 Å². The van der Waals surface area contributed by atoms with Crippen molar-refractivity contribution in [2.45, 2.75) is 13.0 Å². The Morgan fingerprint density at radius 3 is 2.36 bits per heavy atom. The molecule has 7 heteroatoms. The van der Waals surface area contributed by atoms with Crippen LogP contribution in [0.4, 0.5) is 5.69 Å². The molecule has 1 atom stereocenters. The normalized spacial score (nSPS) is 17.3. The third-order valence-corrected chi connectivity index (χ3v) is 5.72. The van der Waals surface area contributed by atoms with Crippen LogP contribution in [-0.4, -0.2) is 30.5 Å². The number of rotatable bonds is 6. The maximum absolute atomic E-state index is 13.2. The van der Waals surface area contributed by atoms with E-state index in [9.17, 15) is 14.7 Å². The van der Waals surface area contributed by atoms with Gasteiger partial charge in [0.1, 0.15) is 17.3 Å². The van der Waals surface area contributed by atoms with Gasteiger partial charge in [0.05, 0.1) is 30.4 Å². The maximum atomic E-state index is 13.2. The molecule has 6 nitrogen and oxygen atoms in total. The molecule has 0 radical (unpaired) electrons. The molecule has 1 saturated heterocycles. The van der Waals surface area contributed by atoms with Gasteiger partial charge in [-0.25, -0.2) is 0 Å². The van der Waals surface area contributed by atoms with Crippen LogP contribution in [0.2, 0.25) is 5.02 Å². The minimum atomic E-state index is -0.829. The van der Waals surface area contributed by atoms with Gasteiger partial charge in [0.25, 0.3) is 11.7 Å². The van der Waals surface area contributed by atoms with E-state index < -0.39 is 17.7 Å². The number of nitrogens with zero attached hydrogens (tertiary/aromatic N) is 1. The average molecular weight is 464 g/mol. The Bertz CT molecular complexity index is 1220. The second-order valence-corrected chi connectivity index (χ2v) is 7.76. The Kier molecular flexibility index (Phi) is 6.38. The van der Waals surface area contributed by atoms with E-state index in [1.54, 1.807) is 60.7 Å². The summed E-state index contributed by atoms with van der Waals surface area (Å²) in [7, 11) is 1.46. The summed E-state index contributed by atoms with van der Waals surface area (Å²) in [4.78, 5) is 27.7. The minimum absolute atomic E-state index is 0.0163. The SMILES string of the molecule is CCOc1ccc(C2/C(=C(/O)c3ccc(Cl)c(OC)c3)C(=O)C(=O)N2c2ccccc2)cc1. The summed E-state index contributed by atoms with van der Waals surface area (Å²) in [5.74, 6) is -0.789. The Labute approximate surface area is 196 Å². The number of aliphatic hydroxyl groups excluding tert-OH is 1. The van der Waals surface area contributed by atoms with Crippen LogP contribution >= 0.6 is 11.6 Å². The number of para-hydroxylation sites is 1. The third-order valence-electron chi connectivity index (χ3n) is 5.41. The molecule has 0 saturated carbocycles. The molecule has 0 bridgehead atoms. The monoisotopic (exact) mass is 463 g/mol. The molecule has 1 amide bonds. The lowest BCUT2D eigenvalue weighted by atomic mass is 9.95. The molecule has 1 unspecified atom stereocenters. The van der Waals surface area contributed by atoms with Crippen molar-refractivity contribution in [3.05, 3.63) is 94.5 Å². The molecule has 33 heavy (non-hydrogen) atoms. The first-order chi connectivity index (χ1) is 16.0. The Morgan fingerprint density at radius 2 is 1.73 bits per heavy atom. The summed E-state index contributed by atoms with van der Waals surface area (Å²) in [5, 5.41) is 11.6. The predicted molar refractivity (Wildman–Crippen MR) is 127 cm³/mol. The van der Waals surface area contributed by atoms with E-state index in [1.807, 2.05) is 13.0 Å². The van der Waals surface area contributed by atoms with Crippen molar-refractivity contribution in [3.8, 4) is 11.5 Å². The van der Waals surface area contributed by atoms with Crippen molar-refractivity contribution < 1.29 is 24.2 Å². The first kappa shape index (κ1) is 22.4. The van der Waals surface area contributed by atoms with Crippen LogP contribution in [-0.2, 0) is 9.59 Å². The molecule has 0 spiro atoms. The quantitative estimate of drug-likeness (QED) is 0.302. The largest absolute Gasteiger partial charge is 0.507 e. The number of anilines is 1. The molecule has 0 aliphatic carbocycles. The zero-order chi connectivity index (χ0) is 23.5. The van der Waals surface area contributed by atoms with Gasteiger partial charge in [0, 0.05) is 11.3 Å². The maximum Gasteiger partial charge on any atom is 0.300 e. The van der Waals surface area contributed by atoms with Crippen molar-refractivity contribution >= 4 is 34.7 Å². The number of Topliss-reactive ketones (excluding diaryl/α,β-unsaturated/α-hetero) is 1. The fraction of sp³-hybridized carbons (Fsp3) is 0.154. The number of carbonyl (C=O) groups excluding carboxylic acids is 2. The number of amides is 1. The minimum Gasteiger partial charge on any atom is -0.507 e. The van der Waals surface area contributed by atoms with Gasteiger partial charge in [0.15, 0.2) is 0 Å². The number of carbonyl (C=O) groups is 2. The molecular formula is C26H22ClNO5. The number of aliphatic hydroxyl groups is 1. The number of hydrogen-bond acceptors (Lipinski definition) is 5. The smallest absolute Gasteiger partial charge is 0.300 e. The van der Waals surface area contributed by atoms with Crippen molar-refractivity contribution in [1.82, 2.24) is 0 Å². The Hall–Kier alpha value is -3.77. The molecule has 4 rings (SSSR count). The van der Waals surface area contributed by atoms with Gasteiger partial charge in [0.2, 0.25) is 0 Å². The standard InChI is InChI=1S/C26H22ClNO5/c1-3-33-19-12-9-16(10-13-19)23-22(24(29)17-11-14-20(27)21(15-17)32-2)25(30)26(31)28(23)18-7-5-4-6-8-18/h4-15,23,29H,3H2,1-2H3/b24-22-. The second-order valence-electron chi connectivity index (χ2n) is 7.36. The molecular weight excluding hydrogens is 442 g/mol. The van der Waals surface area contributed by atoms with Crippen molar-refractivity contribution in [3.63, 3.8) is 0 Å². The molecule has 1 N–H and O–H groups in total. The summed E-state index contributed by atoms with van der Waals surface area (Å²) in [6.07, 6.45) is 0. The number of hydrogen-bond donors (Lipinski definition) is 1. The molecule has 1 aliphatic heterocycles. The lowest BCUT2D eigenvalue weighted by molar-refractivity contribution is -0.132.